The lowest BCUT2D eigenvalue weighted by Gasteiger charge is -2.54. The van der Waals surface area contributed by atoms with Crippen molar-refractivity contribution in [2.45, 2.75) is 38.0 Å². The fraction of sp³-hybridized carbons (Fsp3) is 0.588. The smallest absolute Gasteiger partial charge is 0.248 e. The van der Waals surface area contributed by atoms with Crippen LogP contribution in [0.2, 0.25) is 0 Å². The van der Waals surface area contributed by atoms with Crippen LogP contribution in [-0.2, 0) is 0 Å². The van der Waals surface area contributed by atoms with Crippen LogP contribution in [0.4, 0.5) is 0 Å². The van der Waals surface area contributed by atoms with Crippen molar-refractivity contribution in [2.24, 2.45) is 29.4 Å². The first-order chi connectivity index (χ1) is 9.22. The van der Waals surface area contributed by atoms with E-state index >= 15 is 0 Å². The molecule has 0 atom stereocenters. The van der Waals surface area contributed by atoms with Gasteiger partial charge in [0.2, 0.25) is 5.91 Å². The molecule has 4 bridgehead atoms. The topological polar surface area (TPSA) is 43.1 Å². The Morgan fingerprint density at radius 1 is 0.947 bits per heavy atom. The molecular weight excluding hydrogens is 234 g/mol. The van der Waals surface area contributed by atoms with Gasteiger partial charge in [-0.15, -0.1) is 0 Å². The van der Waals surface area contributed by atoms with Gasteiger partial charge < -0.3 is 5.73 Å². The lowest BCUT2D eigenvalue weighted by Crippen LogP contribution is -2.44. The minimum atomic E-state index is -0.260. The van der Waals surface area contributed by atoms with Gasteiger partial charge in [0.05, 0.1) is 0 Å². The van der Waals surface area contributed by atoms with Crippen molar-refractivity contribution in [3.63, 3.8) is 0 Å². The highest BCUT2D eigenvalue weighted by molar-refractivity contribution is 5.94. The summed E-state index contributed by atoms with van der Waals surface area (Å²) in [5, 5.41) is 0. The lowest BCUT2D eigenvalue weighted by atomic mass is 9.50. The molecule has 2 heteroatoms. The van der Waals surface area contributed by atoms with Crippen molar-refractivity contribution < 1.29 is 4.79 Å². The average molecular weight is 255 g/mol. The molecule has 2 N–H and O–H groups in total. The Hall–Kier alpha value is -1.31. The Labute approximate surface area is 114 Å². The van der Waals surface area contributed by atoms with Crippen molar-refractivity contribution in [3.8, 4) is 0 Å². The molecule has 0 radical (unpaired) electrons. The van der Waals surface area contributed by atoms with E-state index in [0.29, 0.717) is 5.92 Å². The second-order valence-electron chi connectivity index (χ2n) is 6.91. The SMILES string of the molecule is NC(=O)c1ccccc1C1C2CC3CC(C2)CC1C3. The highest BCUT2D eigenvalue weighted by Gasteiger charge is 2.49. The molecule has 0 unspecified atom stereocenters. The summed E-state index contributed by atoms with van der Waals surface area (Å²) in [5.41, 5.74) is 7.57. The number of rotatable bonds is 2. The standard InChI is InChI=1S/C17H21NO/c18-17(19)15-4-2-1-3-14(15)16-12-6-10-5-11(8-12)9-13(16)7-10/h1-4,10-13,16H,5-9H2,(H2,18,19). The second-order valence-corrected chi connectivity index (χ2v) is 6.91. The summed E-state index contributed by atoms with van der Waals surface area (Å²) in [7, 11) is 0. The van der Waals surface area contributed by atoms with Gasteiger partial charge in [-0.1, -0.05) is 18.2 Å². The van der Waals surface area contributed by atoms with E-state index in [1.54, 1.807) is 0 Å². The average Bonchev–Trinajstić information content (AvgIpc) is 2.37. The van der Waals surface area contributed by atoms with Crippen molar-refractivity contribution in [2.75, 3.05) is 0 Å². The molecule has 0 aromatic heterocycles. The molecule has 0 spiro atoms. The molecule has 4 aliphatic carbocycles. The third-order valence-electron chi connectivity index (χ3n) is 5.81. The molecule has 1 amide bonds. The molecule has 1 aromatic carbocycles. The number of carbonyl (C=O) groups is 1. The van der Waals surface area contributed by atoms with Gasteiger partial charge in [0.15, 0.2) is 0 Å². The molecule has 2 nitrogen and oxygen atoms in total. The lowest BCUT2D eigenvalue weighted by molar-refractivity contribution is -0.00297. The molecule has 4 aliphatic rings. The van der Waals surface area contributed by atoms with Crippen LogP contribution in [0.1, 0.15) is 53.9 Å². The van der Waals surface area contributed by atoms with Gasteiger partial charge in [-0.25, -0.2) is 0 Å². The summed E-state index contributed by atoms with van der Waals surface area (Å²) in [6.45, 7) is 0. The molecule has 5 rings (SSSR count). The molecule has 1 aromatic rings. The molecule has 0 aliphatic heterocycles. The number of nitrogens with two attached hydrogens (primary N) is 1. The summed E-state index contributed by atoms with van der Waals surface area (Å²) in [6, 6.07) is 8.04. The van der Waals surface area contributed by atoms with E-state index in [1.807, 2.05) is 12.1 Å². The van der Waals surface area contributed by atoms with Crippen LogP contribution in [0.15, 0.2) is 24.3 Å². The zero-order valence-electron chi connectivity index (χ0n) is 11.2. The fourth-order valence-corrected chi connectivity index (χ4v) is 5.45. The maximum atomic E-state index is 11.7. The van der Waals surface area contributed by atoms with Gasteiger partial charge in [0.1, 0.15) is 0 Å². The van der Waals surface area contributed by atoms with E-state index in [-0.39, 0.29) is 5.91 Å². The van der Waals surface area contributed by atoms with Crippen LogP contribution in [0.5, 0.6) is 0 Å². The second kappa shape index (κ2) is 4.09. The summed E-state index contributed by atoms with van der Waals surface area (Å²) in [4.78, 5) is 11.7. The van der Waals surface area contributed by atoms with Crippen LogP contribution in [0.25, 0.3) is 0 Å². The normalized spacial score (nSPS) is 39.5. The predicted molar refractivity (Wildman–Crippen MR) is 74.7 cm³/mol. The van der Waals surface area contributed by atoms with Crippen LogP contribution >= 0.6 is 0 Å². The monoisotopic (exact) mass is 255 g/mol. The van der Waals surface area contributed by atoms with Crippen LogP contribution in [0, 0.1) is 23.7 Å². The third kappa shape index (κ3) is 1.73. The van der Waals surface area contributed by atoms with Gasteiger partial charge >= 0.3 is 0 Å². The third-order valence-corrected chi connectivity index (χ3v) is 5.81. The van der Waals surface area contributed by atoms with Gasteiger partial charge in [-0.2, -0.15) is 0 Å². The summed E-state index contributed by atoms with van der Waals surface area (Å²) < 4.78 is 0. The molecule has 19 heavy (non-hydrogen) atoms. The van der Waals surface area contributed by atoms with E-state index in [0.717, 1.165) is 29.2 Å². The largest absolute Gasteiger partial charge is 0.366 e. The molecular formula is C17H21NO. The van der Waals surface area contributed by atoms with Gasteiger partial charge in [0.25, 0.3) is 0 Å². The minimum absolute atomic E-state index is 0.260. The van der Waals surface area contributed by atoms with Crippen LogP contribution < -0.4 is 5.73 Å². The zero-order chi connectivity index (χ0) is 13.0. The van der Waals surface area contributed by atoms with E-state index in [1.165, 1.54) is 37.7 Å². The Kier molecular flexibility index (Phi) is 2.48. The van der Waals surface area contributed by atoms with Crippen molar-refractivity contribution in [1.82, 2.24) is 0 Å². The predicted octanol–water partition coefficient (Wildman–Crippen LogP) is 3.33. The molecule has 100 valence electrons. The van der Waals surface area contributed by atoms with Crippen LogP contribution in [-0.4, -0.2) is 5.91 Å². The van der Waals surface area contributed by atoms with Crippen molar-refractivity contribution >= 4 is 5.91 Å². The van der Waals surface area contributed by atoms with Crippen LogP contribution in [0.3, 0.4) is 0 Å². The molecule has 0 heterocycles. The minimum Gasteiger partial charge on any atom is -0.366 e. The van der Waals surface area contributed by atoms with Gasteiger partial charge in [-0.05, 0) is 73.3 Å². The quantitative estimate of drug-likeness (QED) is 0.865. The van der Waals surface area contributed by atoms with Gasteiger partial charge in [0, 0.05) is 5.56 Å². The first-order valence-corrected chi connectivity index (χ1v) is 7.61. The Balaban J connectivity index is 1.75. The highest BCUT2D eigenvalue weighted by Crippen LogP contribution is 2.60. The molecule has 0 saturated heterocycles. The van der Waals surface area contributed by atoms with Gasteiger partial charge in [-0.3, -0.25) is 4.79 Å². The number of hydrogen-bond donors (Lipinski definition) is 1. The zero-order valence-corrected chi connectivity index (χ0v) is 11.2. The Morgan fingerprint density at radius 2 is 1.53 bits per heavy atom. The molecule has 4 fully saturated rings. The number of carbonyl (C=O) groups excluding carboxylic acids is 1. The number of amides is 1. The Morgan fingerprint density at radius 3 is 2.11 bits per heavy atom. The van der Waals surface area contributed by atoms with E-state index in [9.17, 15) is 4.79 Å². The number of hydrogen-bond acceptors (Lipinski definition) is 1. The van der Waals surface area contributed by atoms with E-state index in [2.05, 4.69) is 12.1 Å². The molecule has 4 saturated carbocycles. The maximum Gasteiger partial charge on any atom is 0.248 e. The van der Waals surface area contributed by atoms with Crippen molar-refractivity contribution in [3.05, 3.63) is 35.4 Å². The van der Waals surface area contributed by atoms with Crippen molar-refractivity contribution in [1.29, 1.82) is 0 Å². The first kappa shape index (κ1) is 11.5. The summed E-state index contributed by atoms with van der Waals surface area (Å²) in [6.07, 6.45) is 6.99. The Bertz CT molecular complexity index is 494. The summed E-state index contributed by atoms with van der Waals surface area (Å²) >= 11 is 0. The highest BCUT2D eigenvalue weighted by atomic mass is 16.1. The number of primary amides is 1. The fourth-order valence-electron chi connectivity index (χ4n) is 5.45. The van der Waals surface area contributed by atoms with E-state index in [4.69, 9.17) is 5.73 Å². The first-order valence-electron chi connectivity index (χ1n) is 7.61. The number of benzene rings is 1. The summed E-state index contributed by atoms with van der Waals surface area (Å²) in [5.74, 6) is 3.88. The van der Waals surface area contributed by atoms with E-state index < -0.39 is 0 Å². The maximum absolute atomic E-state index is 11.7.